The Hall–Kier alpha value is -0.450. The number of carbonyl (C=O) groups is 1. The molecule has 1 aromatic rings. The van der Waals surface area contributed by atoms with Crippen molar-refractivity contribution in [3.63, 3.8) is 0 Å². The number of rotatable bonds is 2. The van der Waals surface area contributed by atoms with Crippen LogP contribution in [0.4, 0.5) is 0 Å². The summed E-state index contributed by atoms with van der Waals surface area (Å²) in [6.45, 7) is 0.783. The number of ether oxygens (including phenoxy) is 1. The van der Waals surface area contributed by atoms with Crippen LogP contribution < -0.4 is 0 Å². The highest BCUT2D eigenvalue weighted by Gasteiger charge is 2.42. The van der Waals surface area contributed by atoms with Gasteiger partial charge in [-0.15, -0.1) is 23.5 Å². The molecule has 0 aliphatic carbocycles. The Balaban J connectivity index is 1.66. The average Bonchev–Trinajstić information content (AvgIpc) is 2.39. The predicted octanol–water partition coefficient (Wildman–Crippen LogP) is 3.75. The van der Waals surface area contributed by atoms with Gasteiger partial charge in [0.2, 0.25) is 0 Å². The summed E-state index contributed by atoms with van der Waals surface area (Å²) in [6, 6.07) is 10.5. The fourth-order valence-corrected chi connectivity index (χ4v) is 5.51. The van der Waals surface area contributed by atoms with E-state index >= 15 is 0 Å². The molecule has 1 aromatic carbocycles. The Bertz CT molecular complexity index is 445. The van der Waals surface area contributed by atoms with E-state index in [4.69, 9.17) is 4.74 Å². The van der Waals surface area contributed by atoms with Crippen molar-refractivity contribution < 1.29 is 9.53 Å². The highest BCUT2D eigenvalue weighted by molar-refractivity contribution is 8.01. The summed E-state index contributed by atoms with van der Waals surface area (Å²) >= 11 is 3.78. The first-order valence-electron chi connectivity index (χ1n) is 6.77. The molecule has 0 aromatic heterocycles. The number of thioether (sulfide) groups is 2. The predicted molar refractivity (Wildman–Crippen MR) is 80.7 cm³/mol. The van der Waals surface area contributed by atoms with Gasteiger partial charge in [0.25, 0.3) is 0 Å². The molecule has 1 spiro atoms. The van der Waals surface area contributed by atoms with Crippen molar-refractivity contribution in [2.24, 2.45) is 0 Å². The summed E-state index contributed by atoms with van der Waals surface area (Å²) < 4.78 is 5.97. The molecule has 2 aliphatic rings. The standard InChI is InChI=1S/C15H18O2S2/c16-12-7-9-18-15(10-12)11-14(6-8-17-15)19-13-4-2-1-3-5-13/h1-5,14H,6-11H2/t14-,15+/m1/s1. The molecule has 0 unspecified atom stereocenters. The van der Waals surface area contributed by atoms with Gasteiger partial charge < -0.3 is 4.74 Å². The van der Waals surface area contributed by atoms with Gasteiger partial charge in [0.05, 0.1) is 0 Å². The van der Waals surface area contributed by atoms with Gasteiger partial charge in [-0.05, 0) is 25.0 Å². The van der Waals surface area contributed by atoms with Gasteiger partial charge in [-0.1, -0.05) is 18.2 Å². The lowest BCUT2D eigenvalue weighted by Crippen LogP contribution is -2.42. The number of hydrogen-bond acceptors (Lipinski definition) is 4. The molecule has 102 valence electrons. The van der Waals surface area contributed by atoms with Gasteiger partial charge >= 0.3 is 0 Å². The third kappa shape index (κ3) is 3.36. The zero-order chi connectivity index (χ0) is 13.1. The lowest BCUT2D eigenvalue weighted by atomic mass is 10.0. The monoisotopic (exact) mass is 294 g/mol. The molecule has 2 saturated heterocycles. The van der Waals surface area contributed by atoms with E-state index in [2.05, 4.69) is 24.3 Å². The minimum absolute atomic E-state index is 0.222. The summed E-state index contributed by atoms with van der Waals surface area (Å²) in [5, 5.41) is 0.564. The van der Waals surface area contributed by atoms with Crippen molar-refractivity contribution in [2.45, 2.75) is 40.8 Å². The van der Waals surface area contributed by atoms with Gasteiger partial charge in [0, 0.05) is 35.3 Å². The minimum Gasteiger partial charge on any atom is -0.364 e. The van der Waals surface area contributed by atoms with E-state index in [1.807, 2.05) is 29.6 Å². The van der Waals surface area contributed by atoms with Crippen LogP contribution in [-0.2, 0) is 9.53 Å². The molecule has 0 radical (unpaired) electrons. The van der Waals surface area contributed by atoms with E-state index in [-0.39, 0.29) is 4.93 Å². The average molecular weight is 294 g/mol. The molecule has 0 amide bonds. The van der Waals surface area contributed by atoms with E-state index in [1.165, 1.54) is 4.90 Å². The first-order valence-corrected chi connectivity index (χ1v) is 8.64. The van der Waals surface area contributed by atoms with Gasteiger partial charge in [0.15, 0.2) is 0 Å². The SMILES string of the molecule is O=C1CCS[C@@]2(C1)C[C@H](Sc1ccccc1)CCO2. The summed E-state index contributed by atoms with van der Waals surface area (Å²) in [6.07, 6.45) is 3.38. The maximum absolute atomic E-state index is 11.7. The molecule has 0 saturated carbocycles. The summed E-state index contributed by atoms with van der Waals surface area (Å²) in [4.78, 5) is 12.8. The van der Waals surface area contributed by atoms with Crippen LogP contribution in [0.5, 0.6) is 0 Å². The minimum atomic E-state index is -0.222. The second-order valence-electron chi connectivity index (χ2n) is 5.12. The van der Waals surface area contributed by atoms with E-state index in [0.717, 1.165) is 25.2 Å². The van der Waals surface area contributed by atoms with Crippen LogP contribution in [0.3, 0.4) is 0 Å². The highest BCUT2D eigenvalue weighted by Crippen LogP contribution is 2.46. The normalized spacial score (nSPS) is 31.6. The van der Waals surface area contributed by atoms with Crippen molar-refractivity contribution in [2.75, 3.05) is 12.4 Å². The van der Waals surface area contributed by atoms with Crippen LogP contribution in [0, 0.1) is 0 Å². The quantitative estimate of drug-likeness (QED) is 0.830. The van der Waals surface area contributed by atoms with Crippen molar-refractivity contribution in [1.29, 1.82) is 0 Å². The first-order chi connectivity index (χ1) is 9.26. The Morgan fingerprint density at radius 1 is 1.32 bits per heavy atom. The molecule has 2 fully saturated rings. The topological polar surface area (TPSA) is 26.3 Å². The Morgan fingerprint density at radius 2 is 2.16 bits per heavy atom. The molecule has 0 N–H and O–H groups in total. The Labute approximate surface area is 122 Å². The van der Waals surface area contributed by atoms with Gasteiger partial charge in [0.1, 0.15) is 10.7 Å². The summed E-state index contributed by atoms with van der Waals surface area (Å²) in [7, 11) is 0. The molecular weight excluding hydrogens is 276 g/mol. The molecule has 0 bridgehead atoms. The number of carbonyl (C=O) groups excluding carboxylic acids is 1. The van der Waals surface area contributed by atoms with Crippen molar-refractivity contribution in [3.05, 3.63) is 30.3 Å². The lowest BCUT2D eigenvalue weighted by molar-refractivity contribution is -0.124. The lowest BCUT2D eigenvalue weighted by Gasteiger charge is -2.41. The number of ketones is 1. The second kappa shape index (κ2) is 5.90. The van der Waals surface area contributed by atoms with Crippen molar-refractivity contribution in [1.82, 2.24) is 0 Å². The second-order valence-corrected chi connectivity index (χ2v) is 7.93. The van der Waals surface area contributed by atoms with Crippen LogP contribution in [0.1, 0.15) is 25.7 Å². The zero-order valence-corrected chi connectivity index (χ0v) is 12.5. The molecule has 3 rings (SSSR count). The van der Waals surface area contributed by atoms with Gasteiger partial charge in [-0.2, -0.15) is 0 Å². The Morgan fingerprint density at radius 3 is 2.95 bits per heavy atom. The fourth-order valence-electron chi connectivity index (χ4n) is 2.69. The van der Waals surface area contributed by atoms with Crippen LogP contribution in [0.25, 0.3) is 0 Å². The highest BCUT2D eigenvalue weighted by atomic mass is 32.2. The summed E-state index contributed by atoms with van der Waals surface area (Å²) in [5.41, 5.74) is 0. The molecule has 2 heterocycles. The van der Waals surface area contributed by atoms with Gasteiger partial charge in [-0.3, -0.25) is 4.79 Å². The fraction of sp³-hybridized carbons (Fsp3) is 0.533. The van der Waals surface area contributed by atoms with Crippen LogP contribution in [-0.4, -0.2) is 28.3 Å². The third-order valence-electron chi connectivity index (χ3n) is 3.60. The van der Waals surface area contributed by atoms with Crippen LogP contribution in [0.2, 0.25) is 0 Å². The van der Waals surface area contributed by atoms with E-state index < -0.39 is 0 Å². The maximum atomic E-state index is 11.7. The van der Waals surface area contributed by atoms with Crippen molar-refractivity contribution in [3.8, 4) is 0 Å². The van der Waals surface area contributed by atoms with Crippen LogP contribution in [0.15, 0.2) is 35.2 Å². The Kier molecular flexibility index (Phi) is 4.20. The first kappa shape index (κ1) is 13.5. The van der Waals surface area contributed by atoms with E-state index in [9.17, 15) is 4.79 Å². The molecule has 2 nitrogen and oxygen atoms in total. The molecular formula is C15H18O2S2. The molecule has 2 aliphatic heterocycles. The van der Waals surface area contributed by atoms with Crippen molar-refractivity contribution >= 4 is 29.3 Å². The summed E-state index contributed by atoms with van der Waals surface area (Å²) in [5.74, 6) is 1.28. The molecule has 19 heavy (non-hydrogen) atoms. The van der Waals surface area contributed by atoms with E-state index in [0.29, 0.717) is 23.9 Å². The molecule has 2 atom stereocenters. The van der Waals surface area contributed by atoms with Crippen LogP contribution >= 0.6 is 23.5 Å². The maximum Gasteiger partial charge on any atom is 0.137 e. The number of Topliss-reactive ketones (excluding diaryl/α,β-unsaturated/α-hetero) is 1. The zero-order valence-electron chi connectivity index (χ0n) is 10.8. The third-order valence-corrected chi connectivity index (χ3v) is 6.25. The largest absolute Gasteiger partial charge is 0.364 e. The van der Waals surface area contributed by atoms with E-state index in [1.54, 1.807) is 0 Å². The smallest absolute Gasteiger partial charge is 0.137 e. The van der Waals surface area contributed by atoms with Gasteiger partial charge in [-0.25, -0.2) is 0 Å². The molecule has 4 heteroatoms. The number of hydrogen-bond donors (Lipinski definition) is 0. The number of benzene rings is 1.